The Hall–Kier alpha value is -1.05. The summed E-state index contributed by atoms with van der Waals surface area (Å²) in [5, 5.41) is 14.0. The zero-order valence-corrected chi connectivity index (χ0v) is 11.5. The smallest absolute Gasteiger partial charge is 0.250 e. The van der Waals surface area contributed by atoms with Crippen molar-refractivity contribution in [1.82, 2.24) is 9.78 Å². The lowest BCUT2D eigenvalue weighted by Crippen LogP contribution is -2.35. The molecule has 20 heavy (non-hydrogen) atoms. The van der Waals surface area contributed by atoms with Gasteiger partial charge in [0.25, 0.3) is 5.92 Å². The Morgan fingerprint density at radius 2 is 2.30 bits per heavy atom. The standard InChI is InChI=1S/C13H20F2N2O3/c1-19-6-7-20-9-17-11(3-5-16-17)10-2-4-13(14,15)8-12(10)18/h3,5,10,12,18H,2,4,6-9H2,1H3. The van der Waals surface area contributed by atoms with Gasteiger partial charge in [-0.25, -0.2) is 13.5 Å². The summed E-state index contributed by atoms with van der Waals surface area (Å²) in [5.41, 5.74) is 0.741. The van der Waals surface area contributed by atoms with Gasteiger partial charge in [-0.3, -0.25) is 0 Å². The highest BCUT2D eigenvalue weighted by Gasteiger charge is 2.42. The molecule has 0 spiro atoms. The van der Waals surface area contributed by atoms with E-state index in [2.05, 4.69) is 5.10 Å². The molecule has 1 fully saturated rings. The van der Waals surface area contributed by atoms with E-state index in [-0.39, 0.29) is 25.5 Å². The van der Waals surface area contributed by atoms with Gasteiger partial charge in [0.05, 0.1) is 19.3 Å². The fourth-order valence-electron chi connectivity index (χ4n) is 2.51. The number of rotatable bonds is 6. The number of methoxy groups -OCH3 is 1. The summed E-state index contributed by atoms with van der Waals surface area (Å²) in [6, 6.07) is 1.75. The monoisotopic (exact) mass is 290 g/mol. The second-order valence-electron chi connectivity index (χ2n) is 5.06. The molecule has 1 N–H and O–H groups in total. The molecule has 1 aliphatic carbocycles. The zero-order valence-electron chi connectivity index (χ0n) is 11.5. The molecule has 1 heterocycles. The highest BCUT2D eigenvalue weighted by molar-refractivity contribution is 5.12. The van der Waals surface area contributed by atoms with Crippen LogP contribution in [-0.2, 0) is 16.2 Å². The molecule has 0 radical (unpaired) electrons. The van der Waals surface area contributed by atoms with Gasteiger partial charge in [-0.2, -0.15) is 5.10 Å². The Morgan fingerprint density at radius 3 is 3.00 bits per heavy atom. The highest BCUT2D eigenvalue weighted by atomic mass is 19.3. The van der Waals surface area contributed by atoms with E-state index in [4.69, 9.17) is 9.47 Å². The highest BCUT2D eigenvalue weighted by Crippen LogP contribution is 2.40. The predicted molar refractivity (Wildman–Crippen MR) is 67.6 cm³/mol. The summed E-state index contributed by atoms with van der Waals surface area (Å²) >= 11 is 0. The van der Waals surface area contributed by atoms with Crippen molar-refractivity contribution in [3.05, 3.63) is 18.0 Å². The Labute approximate surface area is 116 Å². The van der Waals surface area contributed by atoms with Crippen molar-refractivity contribution in [2.45, 2.75) is 43.9 Å². The average molecular weight is 290 g/mol. The van der Waals surface area contributed by atoms with Crippen LogP contribution < -0.4 is 0 Å². The first-order chi connectivity index (χ1) is 9.53. The number of halogens is 2. The third-order valence-electron chi connectivity index (χ3n) is 3.57. The number of alkyl halides is 2. The average Bonchev–Trinajstić information content (AvgIpc) is 2.82. The van der Waals surface area contributed by atoms with E-state index in [1.807, 2.05) is 0 Å². The molecular weight excluding hydrogens is 270 g/mol. The molecule has 2 unspecified atom stereocenters. The molecule has 0 aromatic carbocycles. The lowest BCUT2D eigenvalue weighted by molar-refractivity contribution is -0.0855. The van der Waals surface area contributed by atoms with Gasteiger partial charge >= 0.3 is 0 Å². The molecule has 0 aliphatic heterocycles. The first-order valence-electron chi connectivity index (χ1n) is 6.68. The second-order valence-corrected chi connectivity index (χ2v) is 5.06. The summed E-state index contributed by atoms with van der Waals surface area (Å²) < 4.78 is 38.3. The number of hydrogen-bond donors (Lipinski definition) is 1. The van der Waals surface area contributed by atoms with Gasteiger partial charge in [0.15, 0.2) is 0 Å². The third kappa shape index (κ3) is 3.74. The summed E-state index contributed by atoms with van der Waals surface area (Å²) in [5.74, 6) is -3.08. The van der Waals surface area contributed by atoms with Crippen LogP contribution in [-0.4, -0.2) is 47.2 Å². The van der Waals surface area contributed by atoms with E-state index in [0.29, 0.717) is 13.2 Å². The largest absolute Gasteiger partial charge is 0.392 e. The minimum Gasteiger partial charge on any atom is -0.392 e. The molecule has 7 heteroatoms. The van der Waals surface area contributed by atoms with Crippen LogP contribution in [0, 0.1) is 0 Å². The van der Waals surface area contributed by atoms with Crippen molar-refractivity contribution in [2.24, 2.45) is 0 Å². The topological polar surface area (TPSA) is 56.5 Å². The third-order valence-corrected chi connectivity index (χ3v) is 3.57. The maximum atomic E-state index is 13.2. The Bertz CT molecular complexity index is 426. The Kier molecular flexibility index (Phi) is 5.06. The Balaban J connectivity index is 1.97. The number of ether oxygens (including phenoxy) is 2. The fraction of sp³-hybridized carbons (Fsp3) is 0.769. The van der Waals surface area contributed by atoms with E-state index in [1.54, 1.807) is 24.1 Å². The van der Waals surface area contributed by atoms with Crippen molar-refractivity contribution in [1.29, 1.82) is 0 Å². The predicted octanol–water partition coefficient (Wildman–Crippen LogP) is 1.77. The van der Waals surface area contributed by atoms with Crippen molar-refractivity contribution in [2.75, 3.05) is 20.3 Å². The second kappa shape index (κ2) is 6.60. The number of hydrogen-bond acceptors (Lipinski definition) is 4. The van der Waals surface area contributed by atoms with Crippen LogP contribution in [0.25, 0.3) is 0 Å². The maximum absolute atomic E-state index is 13.2. The molecule has 0 saturated heterocycles. The molecule has 1 aliphatic rings. The van der Waals surface area contributed by atoms with Crippen molar-refractivity contribution < 1.29 is 23.4 Å². The maximum Gasteiger partial charge on any atom is 0.250 e. The van der Waals surface area contributed by atoms with Crippen LogP contribution >= 0.6 is 0 Å². The van der Waals surface area contributed by atoms with Crippen LogP contribution in [0.3, 0.4) is 0 Å². The van der Waals surface area contributed by atoms with Crippen molar-refractivity contribution in [3.8, 4) is 0 Å². The summed E-state index contributed by atoms with van der Waals surface area (Å²) in [6.45, 7) is 1.14. The van der Waals surface area contributed by atoms with Crippen molar-refractivity contribution >= 4 is 0 Å². The first kappa shape index (κ1) is 15.3. The number of aromatic nitrogens is 2. The Morgan fingerprint density at radius 1 is 1.50 bits per heavy atom. The van der Waals surface area contributed by atoms with Crippen LogP contribution in [0.2, 0.25) is 0 Å². The van der Waals surface area contributed by atoms with E-state index < -0.39 is 18.4 Å². The molecule has 2 atom stereocenters. The minimum absolute atomic E-state index is 0.204. The van der Waals surface area contributed by atoms with E-state index in [0.717, 1.165) is 5.69 Å². The number of aliphatic hydroxyl groups is 1. The van der Waals surface area contributed by atoms with E-state index in [9.17, 15) is 13.9 Å². The summed E-state index contributed by atoms with van der Waals surface area (Å²) in [7, 11) is 1.58. The van der Waals surface area contributed by atoms with Crippen LogP contribution in [0.15, 0.2) is 12.3 Å². The van der Waals surface area contributed by atoms with Gasteiger partial charge in [0.1, 0.15) is 6.73 Å². The van der Waals surface area contributed by atoms with E-state index >= 15 is 0 Å². The molecule has 2 rings (SSSR count). The van der Waals surface area contributed by atoms with Gasteiger partial charge in [0, 0.05) is 37.8 Å². The van der Waals surface area contributed by atoms with Crippen LogP contribution in [0.5, 0.6) is 0 Å². The number of aliphatic hydroxyl groups excluding tert-OH is 1. The van der Waals surface area contributed by atoms with Gasteiger partial charge in [-0.05, 0) is 12.5 Å². The minimum atomic E-state index is -2.77. The fourth-order valence-corrected chi connectivity index (χ4v) is 2.51. The van der Waals surface area contributed by atoms with Crippen molar-refractivity contribution in [3.63, 3.8) is 0 Å². The molecule has 1 aromatic heterocycles. The lowest BCUT2D eigenvalue weighted by Gasteiger charge is -2.33. The normalized spacial score (nSPS) is 25.8. The zero-order chi connectivity index (χ0) is 14.6. The first-order valence-corrected chi connectivity index (χ1v) is 6.68. The SMILES string of the molecule is COCCOCn1nccc1C1CCC(F)(F)CC1O. The van der Waals surface area contributed by atoms with Gasteiger partial charge in [0.2, 0.25) is 0 Å². The van der Waals surface area contributed by atoms with Gasteiger partial charge in [-0.15, -0.1) is 0 Å². The van der Waals surface area contributed by atoms with Crippen LogP contribution in [0.4, 0.5) is 8.78 Å². The molecule has 1 aromatic rings. The molecule has 5 nitrogen and oxygen atoms in total. The molecule has 1 saturated carbocycles. The molecule has 0 bridgehead atoms. The van der Waals surface area contributed by atoms with E-state index in [1.165, 1.54) is 0 Å². The van der Waals surface area contributed by atoms with Gasteiger partial charge in [-0.1, -0.05) is 0 Å². The molecular formula is C13H20F2N2O3. The molecule has 114 valence electrons. The summed E-state index contributed by atoms with van der Waals surface area (Å²) in [6.07, 6.45) is 0.0951. The van der Waals surface area contributed by atoms with Crippen LogP contribution in [0.1, 0.15) is 30.9 Å². The molecule has 0 amide bonds. The lowest BCUT2D eigenvalue weighted by atomic mass is 9.82. The summed E-state index contributed by atoms with van der Waals surface area (Å²) in [4.78, 5) is 0. The quantitative estimate of drug-likeness (QED) is 0.811. The number of nitrogens with zero attached hydrogens (tertiary/aromatic N) is 2. The van der Waals surface area contributed by atoms with Gasteiger partial charge < -0.3 is 14.6 Å².